The van der Waals surface area contributed by atoms with Gasteiger partial charge in [0.25, 0.3) is 0 Å². The fourth-order valence-electron chi connectivity index (χ4n) is 2.71. The van der Waals surface area contributed by atoms with E-state index in [0.29, 0.717) is 11.6 Å². The van der Waals surface area contributed by atoms with Gasteiger partial charge in [-0.25, -0.2) is 0 Å². The first kappa shape index (κ1) is 18.7. The summed E-state index contributed by atoms with van der Waals surface area (Å²) in [4.78, 5) is 19.3. The highest BCUT2D eigenvalue weighted by molar-refractivity contribution is 8.93. The quantitative estimate of drug-likeness (QED) is 0.653. The molecule has 0 aliphatic carbocycles. The van der Waals surface area contributed by atoms with Crippen LogP contribution in [0, 0.1) is 0 Å². The third kappa shape index (κ3) is 4.68. The van der Waals surface area contributed by atoms with Crippen molar-refractivity contribution in [2.75, 3.05) is 18.0 Å². The van der Waals surface area contributed by atoms with Crippen LogP contribution in [0.15, 0.2) is 59.6 Å². The zero-order valence-corrected chi connectivity index (χ0v) is 15.8. The van der Waals surface area contributed by atoms with Crippen molar-refractivity contribution in [1.82, 2.24) is 0 Å². The first-order chi connectivity index (χ1) is 11.2. The number of hydrogen-bond donors (Lipinski definition) is 0. The van der Waals surface area contributed by atoms with E-state index in [1.807, 2.05) is 59.5 Å². The smallest absolute Gasteiger partial charge is 0.182 e. The molecule has 0 spiro atoms. The Balaban J connectivity index is 0.00000208. The maximum atomic E-state index is 12.6. The van der Waals surface area contributed by atoms with Gasteiger partial charge in [0.15, 0.2) is 5.78 Å². The number of carbonyl (C=O) groups excluding carboxylic acids is 1. The molecular formula is C19H20BrClN2O. The van der Waals surface area contributed by atoms with Gasteiger partial charge in [0.1, 0.15) is 5.84 Å². The molecule has 3 rings (SSSR count). The molecule has 0 amide bonds. The molecule has 0 N–H and O–H groups in total. The lowest BCUT2D eigenvalue weighted by Gasteiger charge is -2.28. The predicted molar refractivity (Wildman–Crippen MR) is 106 cm³/mol. The fraction of sp³-hybridized carbons (Fsp3) is 0.263. The minimum Gasteiger partial charge on any atom is -0.322 e. The maximum absolute atomic E-state index is 12.6. The van der Waals surface area contributed by atoms with E-state index < -0.39 is 0 Å². The molecule has 0 saturated heterocycles. The molecule has 126 valence electrons. The second kappa shape index (κ2) is 9.00. The van der Waals surface area contributed by atoms with E-state index in [2.05, 4.69) is 4.99 Å². The molecule has 2 aromatic rings. The minimum atomic E-state index is 0. The van der Waals surface area contributed by atoms with Crippen LogP contribution in [-0.4, -0.2) is 24.7 Å². The molecule has 0 aromatic heterocycles. The lowest BCUT2D eigenvalue weighted by atomic mass is 10.1. The Bertz CT molecular complexity index is 701. The Hall–Kier alpha value is -1.65. The number of benzene rings is 2. The van der Waals surface area contributed by atoms with Crippen LogP contribution in [0.1, 0.15) is 29.6 Å². The highest BCUT2D eigenvalue weighted by atomic mass is 79.9. The Labute approximate surface area is 158 Å². The third-order valence-corrected chi connectivity index (χ3v) is 4.20. The standard InChI is InChI=1S/C19H19ClN2O.BrH/c20-16-9-11-17(12-10-16)22(19-8-4-5-13-21-19)14-18(23)15-6-2-1-3-7-15;/h1-3,6-7,9-12H,4-5,8,13-14H2;1H. The lowest BCUT2D eigenvalue weighted by molar-refractivity contribution is 0.100. The molecule has 1 aliphatic rings. The van der Waals surface area contributed by atoms with Crippen LogP contribution in [0.5, 0.6) is 0 Å². The summed E-state index contributed by atoms with van der Waals surface area (Å²) < 4.78 is 0. The van der Waals surface area contributed by atoms with Gasteiger partial charge in [-0.1, -0.05) is 41.9 Å². The Morgan fingerprint density at radius 2 is 1.75 bits per heavy atom. The molecule has 5 heteroatoms. The van der Waals surface area contributed by atoms with Crippen molar-refractivity contribution in [3.63, 3.8) is 0 Å². The monoisotopic (exact) mass is 406 g/mol. The van der Waals surface area contributed by atoms with Gasteiger partial charge in [-0.3, -0.25) is 9.79 Å². The number of nitrogens with zero attached hydrogens (tertiary/aromatic N) is 2. The van der Waals surface area contributed by atoms with Crippen molar-refractivity contribution < 1.29 is 4.79 Å². The third-order valence-electron chi connectivity index (χ3n) is 3.95. The fourth-order valence-corrected chi connectivity index (χ4v) is 2.84. The zero-order chi connectivity index (χ0) is 16.1. The SMILES string of the molecule is Br.O=C(CN(C1=NCCCC1)c1ccc(Cl)cc1)c1ccccc1. The number of halogens is 2. The van der Waals surface area contributed by atoms with E-state index in [-0.39, 0.29) is 22.8 Å². The van der Waals surface area contributed by atoms with E-state index >= 15 is 0 Å². The van der Waals surface area contributed by atoms with Crippen molar-refractivity contribution in [2.24, 2.45) is 4.99 Å². The lowest BCUT2D eigenvalue weighted by Crippen LogP contribution is -2.37. The van der Waals surface area contributed by atoms with E-state index in [1.165, 1.54) is 0 Å². The molecule has 0 atom stereocenters. The average Bonchev–Trinajstić information content (AvgIpc) is 2.62. The van der Waals surface area contributed by atoms with E-state index in [0.717, 1.165) is 42.9 Å². The summed E-state index contributed by atoms with van der Waals surface area (Å²) in [6.45, 7) is 1.13. The van der Waals surface area contributed by atoms with Gasteiger partial charge in [0.2, 0.25) is 0 Å². The summed E-state index contributed by atoms with van der Waals surface area (Å²) in [7, 11) is 0. The van der Waals surface area contributed by atoms with E-state index in [1.54, 1.807) is 0 Å². The molecule has 1 heterocycles. The summed E-state index contributed by atoms with van der Waals surface area (Å²) in [6.07, 6.45) is 3.14. The van der Waals surface area contributed by atoms with Gasteiger partial charge in [0.05, 0.1) is 6.54 Å². The van der Waals surface area contributed by atoms with Gasteiger partial charge < -0.3 is 4.90 Å². The Morgan fingerprint density at radius 3 is 2.38 bits per heavy atom. The number of carbonyl (C=O) groups is 1. The molecule has 0 bridgehead atoms. The number of Topliss-reactive ketones (excluding diaryl/α,β-unsaturated/α-hetero) is 1. The summed E-state index contributed by atoms with van der Waals surface area (Å²) in [6, 6.07) is 17.0. The van der Waals surface area contributed by atoms with Crippen molar-refractivity contribution in [2.45, 2.75) is 19.3 Å². The molecule has 0 unspecified atom stereocenters. The van der Waals surface area contributed by atoms with Gasteiger partial charge >= 0.3 is 0 Å². The number of amidine groups is 1. The molecule has 0 saturated carbocycles. The average molecular weight is 408 g/mol. The Kier molecular flexibility index (Phi) is 7.00. The summed E-state index contributed by atoms with van der Waals surface area (Å²) >= 11 is 5.99. The molecular weight excluding hydrogens is 388 g/mol. The number of anilines is 1. The van der Waals surface area contributed by atoms with Crippen LogP contribution in [-0.2, 0) is 0 Å². The minimum absolute atomic E-state index is 0. The summed E-state index contributed by atoms with van der Waals surface area (Å²) in [5.74, 6) is 1.08. The molecule has 0 radical (unpaired) electrons. The first-order valence-corrected chi connectivity index (χ1v) is 8.26. The van der Waals surface area contributed by atoms with Gasteiger partial charge in [-0.15, -0.1) is 17.0 Å². The first-order valence-electron chi connectivity index (χ1n) is 7.89. The zero-order valence-electron chi connectivity index (χ0n) is 13.3. The van der Waals surface area contributed by atoms with Gasteiger partial charge in [0, 0.05) is 29.2 Å². The van der Waals surface area contributed by atoms with Crippen LogP contribution in [0.3, 0.4) is 0 Å². The maximum Gasteiger partial charge on any atom is 0.182 e. The largest absolute Gasteiger partial charge is 0.322 e. The number of hydrogen-bond acceptors (Lipinski definition) is 3. The number of aliphatic imine (C=N–C) groups is 1. The van der Waals surface area contributed by atoms with Crippen molar-refractivity contribution >= 4 is 45.9 Å². The van der Waals surface area contributed by atoms with Crippen LogP contribution in [0.2, 0.25) is 5.02 Å². The molecule has 3 nitrogen and oxygen atoms in total. The van der Waals surface area contributed by atoms with E-state index in [4.69, 9.17) is 11.6 Å². The van der Waals surface area contributed by atoms with Gasteiger partial charge in [-0.05, 0) is 37.1 Å². The summed E-state index contributed by atoms with van der Waals surface area (Å²) in [5.41, 5.74) is 1.68. The highest BCUT2D eigenvalue weighted by Gasteiger charge is 2.19. The normalized spacial score (nSPS) is 13.6. The van der Waals surface area contributed by atoms with Gasteiger partial charge in [-0.2, -0.15) is 0 Å². The van der Waals surface area contributed by atoms with E-state index in [9.17, 15) is 4.79 Å². The second-order valence-electron chi connectivity index (χ2n) is 5.61. The number of rotatable bonds is 4. The van der Waals surface area contributed by atoms with Crippen molar-refractivity contribution in [3.8, 4) is 0 Å². The molecule has 0 fully saturated rings. The predicted octanol–water partition coefficient (Wildman–Crippen LogP) is 5.19. The van der Waals surface area contributed by atoms with Crippen LogP contribution < -0.4 is 4.90 Å². The highest BCUT2D eigenvalue weighted by Crippen LogP contribution is 2.22. The van der Waals surface area contributed by atoms with Crippen LogP contribution in [0.4, 0.5) is 5.69 Å². The molecule has 1 aliphatic heterocycles. The second-order valence-corrected chi connectivity index (χ2v) is 6.04. The molecule has 2 aromatic carbocycles. The van der Waals surface area contributed by atoms with Crippen LogP contribution >= 0.6 is 28.6 Å². The summed E-state index contributed by atoms with van der Waals surface area (Å²) in [5, 5.41) is 0.689. The molecule has 24 heavy (non-hydrogen) atoms. The Morgan fingerprint density at radius 1 is 1.04 bits per heavy atom. The van der Waals surface area contributed by atoms with Crippen molar-refractivity contribution in [3.05, 3.63) is 65.2 Å². The topological polar surface area (TPSA) is 32.7 Å². The van der Waals surface area contributed by atoms with Crippen LogP contribution in [0.25, 0.3) is 0 Å². The number of ketones is 1. The van der Waals surface area contributed by atoms with Crippen molar-refractivity contribution in [1.29, 1.82) is 0 Å².